The van der Waals surface area contributed by atoms with Crippen LogP contribution in [-0.4, -0.2) is 26.6 Å². The van der Waals surface area contributed by atoms with Crippen LogP contribution in [0.4, 0.5) is 5.69 Å². The molecular weight excluding hydrogens is 324 g/mol. The van der Waals surface area contributed by atoms with Gasteiger partial charge in [-0.2, -0.15) is 0 Å². The predicted molar refractivity (Wildman–Crippen MR) is 86.6 cm³/mol. The molecule has 2 aliphatic rings. The maximum Gasteiger partial charge on any atom is 0.251 e. The monoisotopic (exact) mass is 342 g/mol. The van der Waals surface area contributed by atoms with Crippen molar-refractivity contribution in [3.63, 3.8) is 0 Å². The second-order valence-corrected chi connectivity index (χ2v) is 8.48. The molecule has 0 aromatic heterocycles. The van der Waals surface area contributed by atoms with E-state index in [0.717, 1.165) is 18.6 Å². The highest BCUT2D eigenvalue weighted by Gasteiger charge is 2.40. The van der Waals surface area contributed by atoms with E-state index in [4.69, 9.17) is 11.6 Å². The van der Waals surface area contributed by atoms with Gasteiger partial charge in [0, 0.05) is 11.6 Å². The molecule has 3 rings (SSSR count). The van der Waals surface area contributed by atoms with E-state index in [9.17, 15) is 13.2 Å². The lowest BCUT2D eigenvalue weighted by atomic mass is 9.95. The molecule has 0 aliphatic heterocycles. The molecule has 3 unspecified atom stereocenters. The van der Waals surface area contributed by atoms with Crippen molar-refractivity contribution in [3.8, 4) is 0 Å². The summed E-state index contributed by atoms with van der Waals surface area (Å²) < 4.78 is 24.8. The number of hydrogen-bond acceptors (Lipinski definition) is 3. The predicted octanol–water partition coefficient (Wildman–Crippen LogP) is 2.63. The van der Waals surface area contributed by atoms with Crippen LogP contribution in [-0.2, 0) is 10.0 Å². The van der Waals surface area contributed by atoms with E-state index < -0.39 is 10.0 Å². The normalized spacial score (nSPS) is 26.9. The highest BCUT2D eigenvalue weighted by Crippen LogP contribution is 2.44. The van der Waals surface area contributed by atoms with Crippen LogP contribution in [0.2, 0.25) is 5.02 Å². The summed E-state index contributed by atoms with van der Waals surface area (Å²) in [5.74, 6) is 1.22. The van der Waals surface area contributed by atoms with Gasteiger partial charge < -0.3 is 5.32 Å². The number of nitrogens with one attached hydrogen (secondary N) is 2. The van der Waals surface area contributed by atoms with Crippen molar-refractivity contribution in [2.75, 3.05) is 11.0 Å². The Morgan fingerprint density at radius 2 is 2.05 bits per heavy atom. The standard InChI is InChI=1S/C15H19ClN2O3S/c1-22(20,21)18-13-5-4-11(8-12(13)16)15(19)17-14-7-9-2-3-10(14)6-9/h4-5,8-10,14,18H,2-3,6-7H2,1H3,(H,17,19). The first-order chi connectivity index (χ1) is 10.3. The van der Waals surface area contributed by atoms with Gasteiger partial charge in [-0.25, -0.2) is 8.42 Å². The van der Waals surface area contributed by atoms with E-state index >= 15 is 0 Å². The molecule has 1 aromatic rings. The van der Waals surface area contributed by atoms with Gasteiger partial charge >= 0.3 is 0 Å². The van der Waals surface area contributed by atoms with Gasteiger partial charge in [0.2, 0.25) is 10.0 Å². The van der Waals surface area contributed by atoms with Gasteiger partial charge in [0.15, 0.2) is 0 Å². The lowest BCUT2D eigenvalue weighted by Gasteiger charge is -2.23. The molecule has 7 heteroatoms. The van der Waals surface area contributed by atoms with E-state index in [1.54, 1.807) is 6.07 Å². The van der Waals surface area contributed by atoms with E-state index in [-0.39, 0.29) is 22.7 Å². The Morgan fingerprint density at radius 3 is 2.59 bits per heavy atom. The van der Waals surface area contributed by atoms with E-state index in [0.29, 0.717) is 11.5 Å². The number of sulfonamides is 1. The Kier molecular flexibility index (Phi) is 4.07. The van der Waals surface area contributed by atoms with E-state index in [2.05, 4.69) is 10.0 Å². The molecule has 1 amide bonds. The van der Waals surface area contributed by atoms with Crippen molar-refractivity contribution in [1.82, 2.24) is 5.32 Å². The number of anilines is 1. The smallest absolute Gasteiger partial charge is 0.251 e. The Morgan fingerprint density at radius 1 is 1.27 bits per heavy atom. The summed E-state index contributed by atoms with van der Waals surface area (Å²) in [6.07, 6.45) is 5.84. The molecule has 3 atom stereocenters. The number of halogens is 1. The van der Waals surface area contributed by atoms with E-state index in [1.807, 2.05) is 0 Å². The summed E-state index contributed by atoms with van der Waals surface area (Å²) in [7, 11) is -3.39. The number of carbonyl (C=O) groups is 1. The topological polar surface area (TPSA) is 75.3 Å². The molecule has 0 heterocycles. The first kappa shape index (κ1) is 15.6. The fraction of sp³-hybridized carbons (Fsp3) is 0.533. The third-order valence-corrected chi connectivity index (χ3v) is 5.48. The van der Waals surface area contributed by atoms with Gasteiger partial charge in [0.05, 0.1) is 17.0 Å². The molecule has 0 spiro atoms. The minimum Gasteiger partial charge on any atom is -0.349 e. The van der Waals surface area contributed by atoms with Gasteiger partial charge in [-0.1, -0.05) is 18.0 Å². The summed E-state index contributed by atoms with van der Waals surface area (Å²) in [6, 6.07) is 4.86. The molecular formula is C15H19ClN2O3S. The second kappa shape index (κ2) is 5.74. The summed E-state index contributed by atoms with van der Waals surface area (Å²) in [6.45, 7) is 0. The van der Waals surface area contributed by atoms with Crippen molar-refractivity contribution in [2.24, 2.45) is 11.8 Å². The number of rotatable bonds is 4. The zero-order valence-corrected chi connectivity index (χ0v) is 13.9. The summed E-state index contributed by atoms with van der Waals surface area (Å²) >= 11 is 6.05. The van der Waals surface area contributed by atoms with Crippen molar-refractivity contribution in [1.29, 1.82) is 0 Å². The third-order valence-electron chi connectivity index (χ3n) is 4.58. The lowest BCUT2D eigenvalue weighted by Crippen LogP contribution is -2.38. The van der Waals surface area contributed by atoms with Crippen LogP contribution in [0.15, 0.2) is 18.2 Å². The summed E-state index contributed by atoms with van der Waals surface area (Å²) in [5, 5.41) is 3.30. The highest BCUT2D eigenvalue weighted by atomic mass is 35.5. The minimum atomic E-state index is -3.39. The Hall–Kier alpha value is -1.27. The number of hydrogen-bond donors (Lipinski definition) is 2. The van der Waals surface area contributed by atoms with Crippen molar-refractivity contribution < 1.29 is 13.2 Å². The zero-order chi connectivity index (χ0) is 15.9. The minimum absolute atomic E-state index is 0.148. The maximum absolute atomic E-state index is 12.3. The molecule has 120 valence electrons. The van der Waals surface area contributed by atoms with Crippen LogP contribution in [0.3, 0.4) is 0 Å². The van der Waals surface area contributed by atoms with Crippen LogP contribution in [0.5, 0.6) is 0 Å². The van der Waals surface area contributed by atoms with E-state index in [1.165, 1.54) is 31.4 Å². The fourth-order valence-corrected chi connectivity index (χ4v) is 4.47. The van der Waals surface area contributed by atoms with Gasteiger partial charge in [0.1, 0.15) is 0 Å². The molecule has 1 aromatic carbocycles. The average molecular weight is 343 g/mol. The Bertz CT molecular complexity index is 705. The molecule has 0 saturated heterocycles. The summed E-state index contributed by atoms with van der Waals surface area (Å²) in [4.78, 5) is 12.3. The molecule has 0 radical (unpaired) electrons. The number of benzene rings is 1. The van der Waals surface area contributed by atoms with Crippen LogP contribution in [0, 0.1) is 11.8 Å². The van der Waals surface area contributed by atoms with Crippen LogP contribution < -0.4 is 10.0 Å². The van der Waals surface area contributed by atoms with Gasteiger partial charge in [-0.15, -0.1) is 0 Å². The third kappa shape index (κ3) is 3.38. The highest BCUT2D eigenvalue weighted by molar-refractivity contribution is 7.92. The molecule has 2 aliphatic carbocycles. The molecule has 5 nitrogen and oxygen atoms in total. The maximum atomic E-state index is 12.3. The van der Waals surface area contributed by atoms with Crippen LogP contribution >= 0.6 is 11.6 Å². The first-order valence-electron chi connectivity index (χ1n) is 7.40. The zero-order valence-electron chi connectivity index (χ0n) is 12.3. The van der Waals surface area contributed by atoms with Crippen LogP contribution in [0.25, 0.3) is 0 Å². The quantitative estimate of drug-likeness (QED) is 0.883. The number of carbonyl (C=O) groups excluding carboxylic acids is 1. The lowest BCUT2D eigenvalue weighted by molar-refractivity contribution is 0.0923. The molecule has 22 heavy (non-hydrogen) atoms. The van der Waals surface area contributed by atoms with Crippen molar-refractivity contribution >= 4 is 33.2 Å². The average Bonchev–Trinajstić information content (AvgIpc) is 3.02. The Labute approximate surface area is 135 Å². The largest absolute Gasteiger partial charge is 0.349 e. The van der Waals surface area contributed by atoms with Crippen molar-refractivity contribution in [2.45, 2.75) is 31.7 Å². The SMILES string of the molecule is CS(=O)(=O)Nc1ccc(C(=O)NC2CC3CCC2C3)cc1Cl. The van der Waals surface area contributed by atoms with Crippen LogP contribution in [0.1, 0.15) is 36.0 Å². The van der Waals surface area contributed by atoms with Crippen molar-refractivity contribution in [3.05, 3.63) is 28.8 Å². The molecule has 2 bridgehead atoms. The second-order valence-electron chi connectivity index (χ2n) is 6.32. The van der Waals surface area contributed by atoms with Gasteiger partial charge in [-0.3, -0.25) is 9.52 Å². The fourth-order valence-electron chi connectivity index (χ4n) is 3.61. The number of amides is 1. The number of fused-ring (bicyclic) bond motifs is 2. The molecule has 2 saturated carbocycles. The van der Waals surface area contributed by atoms with Gasteiger partial charge in [-0.05, 0) is 49.3 Å². The summed E-state index contributed by atoms with van der Waals surface area (Å²) in [5.41, 5.74) is 0.729. The van der Waals surface area contributed by atoms with Gasteiger partial charge in [0.25, 0.3) is 5.91 Å². The molecule has 2 N–H and O–H groups in total. The first-order valence-corrected chi connectivity index (χ1v) is 9.67. The Balaban J connectivity index is 1.69. The molecule has 2 fully saturated rings.